The van der Waals surface area contributed by atoms with Crippen LogP contribution in [0.1, 0.15) is 31.2 Å². The highest BCUT2D eigenvalue weighted by Crippen LogP contribution is 2.28. The van der Waals surface area contributed by atoms with E-state index in [4.69, 9.17) is 15.7 Å². The molecular formula is C13H16N2O. The fourth-order valence-electron chi connectivity index (χ4n) is 2.11. The van der Waals surface area contributed by atoms with Gasteiger partial charge in [0, 0.05) is 6.07 Å². The molecule has 2 rings (SSSR count). The molecule has 0 spiro atoms. The van der Waals surface area contributed by atoms with E-state index < -0.39 is 0 Å². The Bertz CT molecular complexity index is 403. The summed E-state index contributed by atoms with van der Waals surface area (Å²) in [6.45, 7) is 0.721. The molecule has 0 radical (unpaired) electrons. The molecular weight excluding hydrogens is 200 g/mol. The summed E-state index contributed by atoms with van der Waals surface area (Å²) in [5.74, 6) is 1.30. The molecule has 84 valence electrons. The molecule has 0 aromatic heterocycles. The first kappa shape index (κ1) is 10.8. The second-order valence-corrected chi connectivity index (χ2v) is 4.33. The maximum absolute atomic E-state index is 8.79. The summed E-state index contributed by atoms with van der Waals surface area (Å²) >= 11 is 0. The quantitative estimate of drug-likeness (QED) is 0.790. The fraction of sp³-hybridized carbons (Fsp3) is 0.462. The number of nitriles is 1. The van der Waals surface area contributed by atoms with Gasteiger partial charge in [0.05, 0.1) is 23.9 Å². The van der Waals surface area contributed by atoms with E-state index >= 15 is 0 Å². The van der Waals surface area contributed by atoms with Crippen molar-refractivity contribution >= 4 is 5.69 Å². The van der Waals surface area contributed by atoms with Gasteiger partial charge in [0.25, 0.3) is 0 Å². The second kappa shape index (κ2) is 4.89. The lowest BCUT2D eigenvalue weighted by Gasteiger charge is -2.13. The zero-order valence-electron chi connectivity index (χ0n) is 9.28. The number of hydrogen-bond acceptors (Lipinski definition) is 3. The number of nitrogens with zero attached hydrogens (tertiary/aromatic N) is 1. The molecule has 0 aliphatic heterocycles. The molecule has 0 heterocycles. The standard InChI is InChI=1S/C13H16N2O/c14-8-11-5-6-12(15)13(7-11)16-9-10-3-1-2-4-10/h5-7,10H,1-4,9,15H2. The lowest BCUT2D eigenvalue weighted by Crippen LogP contribution is -2.09. The van der Waals surface area contributed by atoms with E-state index in [0.717, 1.165) is 6.61 Å². The van der Waals surface area contributed by atoms with Gasteiger partial charge in [-0.1, -0.05) is 12.8 Å². The minimum absolute atomic E-state index is 0.593. The Balaban J connectivity index is 2.00. The molecule has 1 aliphatic rings. The molecule has 1 aromatic rings. The van der Waals surface area contributed by atoms with Crippen LogP contribution in [-0.2, 0) is 0 Å². The molecule has 0 atom stereocenters. The summed E-state index contributed by atoms with van der Waals surface area (Å²) in [4.78, 5) is 0. The van der Waals surface area contributed by atoms with Crippen molar-refractivity contribution in [2.24, 2.45) is 5.92 Å². The van der Waals surface area contributed by atoms with Gasteiger partial charge in [0.2, 0.25) is 0 Å². The largest absolute Gasteiger partial charge is 0.491 e. The Morgan fingerprint density at radius 2 is 2.12 bits per heavy atom. The number of rotatable bonds is 3. The highest BCUT2D eigenvalue weighted by Gasteiger charge is 2.16. The van der Waals surface area contributed by atoms with Crippen LogP contribution in [0.15, 0.2) is 18.2 Å². The van der Waals surface area contributed by atoms with Gasteiger partial charge in [0.15, 0.2) is 0 Å². The van der Waals surface area contributed by atoms with Crippen molar-refractivity contribution in [2.75, 3.05) is 12.3 Å². The van der Waals surface area contributed by atoms with Crippen LogP contribution in [0.3, 0.4) is 0 Å². The molecule has 1 aromatic carbocycles. The first-order valence-electron chi connectivity index (χ1n) is 5.72. The van der Waals surface area contributed by atoms with Crippen molar-refractivity contribution in [3.63, 3.8) is 0 Å². The van der Waals surface area contributed by atoms with Crippen molar-refractivity contribution in [2.45, 2.75) is 25.7 Å². The van der Waals surface area contributed by atoms with E-state index in [2.05, 4.69) is 6.07 Å². The number of ether oxygens (including phenoxy) is 1. The molecule has 3 nitrogen and oxygen atoms in total. The number of nitrogens with two attached hydrogens (primary N) is 1. The summed E-state index contributed by atoms with van der Waals surface area (Å²) in [6, 6.07) is 7.23. The van der Waals surface area contributed by atoms with E-state index in [0.29, 0.717) is 22.9 Å². The summed E-state index contributed by atoms with van der Waals surface area (Å²) in [7, 11) is 0. The van der Waals surface area contributed by atoms with Gasteiger partial charge >= 0.3 is 0 Å². The Morgan fingerprint density at radius 3 is 2.81 bits per heavy atom. The van der Waals surface area contributed by atoms with E-state index in [1.807, 2.05) is 0 Å². The van der Waals surface area contributed by atoms with Gasteiger partial charge in [-0.25, -0.2) is 0 Å². The lowest BCUT2D eigenvalue weighted by molar-refractivity contribution is 0.253. The summed E-state index contributed by atoms with van der Waals surface area (Å²) in [5.41, 5.74) is 7.00. The van der Waals surface area contributed by atoms with Gasteiger partial charge < -0.3 is 10.5 Å². The smallest absolute Gasteiger partial charge is 0.143 e. The minimum Gasteiger partial charge on any atom is -0.491 e. The van der Waals surface area contributed by atoms with Gasteiger partial charge in [-0.3, -0.25) is 0 Å². The molecule has 1 fully saturated rings. The molecule has 3 heteroatoms. The van der Waals surface area contributed by atoms with Crippen molar-refractivity contribution in [3.05, 3.63) is 23.8 Å². The van der Waals surface area contributed by atoms with Crippen molar-refractivity contribution in [3.8, 4) is 11.8 Å². The van der Waals surface area contributed by atoms with Crippen molar-refractivity contribution in [1.82, 2.24) is 0 Å². The molecule has 0 unspecified atom stereocenters. The van der Waals surface area contributed by atoms with Crippen LogP contribution < -0.4 is 10.5 Å². The Morgan fingerprint density at radius 1 is 1.38 bits per heavy atom. The van der Waals surface area contributed by atoms with Gasteiger partial charge in [-0.2, -0.15) is 5.26 Å². The van der Waals surface area contributed by atoms with Crippen LogP contribution in [0.5, 0.6) is 5.75 Å². The molecule has 0 amide bonds. The van der Waals surface area contributed by atoms with Gasteiger partial charge in [0.1, 0.15) is 5.75 Å². The van der Waals surface area contributed by atoms with Crippen LogP contribution in [0, 0.1) is 17.2 Å². The molecule has 16 heavy (non-hydrogen) atoms. The lowest BCUT2D eigenvalue weighted by atomic mass is 10.1. The van der Waals surface area contributed by atoms with Crippen molar-refractivity contribution in [1.29, 1.82) is 5.26 Å². The normalized spacial score (nSPS) is 15.9. The predicted molar refractivity (Wildman–Crippen MR) is 63.0 cm³/mol. The predicted octanol–water partition coefficient (Wildman–Crippen LogP) is 2.71. The SMILES string of the molecule is N#Cc1ccc(N)c(OCC2CCCC2)c1. The minimum atomic E-state index is 0.593. The summed E-state index contributed by atoms with van der Waals surface area (Å²) in [6.07, 6.45) is 5.11. The highest BCUT2D eigenvalue weighted by atomic mass is 16.5. The Hall–Kier alpha value is -1.69. The number of hydrogen-bond donors (Lipinski definition) is 1. The molecule has 1 aliphatic carbocycles. The third kappa shape index (κ3) is 2.46. The van der Waals surface area contributed by atoms with Crippen LogP contribution in [0.25, 0.3) is 0 Å². The molecule has 2 N–H and O–H groups in total. The fourth-order valence-corrected chi connectivity index (χ4v) is 2.11. The van der Waals surface area contributed by atoms with Crippen LogP contribution in [0.2, 0.25) is 0 Å². The van der Waals surface area contributed by atoms with Gasteiger partial charge in [-0.05, 0) is 30.9 Å². The molecule has 0 bridgehead atoms. The maximum atomic E-state index is 8.79. The van der Waals surface area contributed by atoms with Crippen LogP contribution in [-0.4, -0.2) is 6.61 Å². The number of nitrogen functional groups attached to an aromatic ring is 1. The maximum Gasteiger partial charge on any atom is 0.143 e. The average molecular weight is 216 g/mol. The zero-order valence-corrected chi connectivity index (χ0v) is 9.28. The summed E-state index contributed by atoms with van der Waals surface area (Å²) < 4.78 is 5.69. The van der Waals surface area contributed by atoms with Crippen LogP contribution >= 0.6 is 0 Å². The Labute approximate surface area is 95.8 Å². The first-order chi connectivity index (χ1) is 7.79. The van der Waals surface area contributed by atoms with E-state index in [9.17, 15) is 0 Å². The molecule has 1 saturated carbocycles. The second-order valence-electron chi connectivity index (χ2n) is 4.33. The third-order valence-corrected chi connectivity index (χ3v) is 3.09. The van der Waals surface area contributed by atoms with Crippen molar-refractivity contribution < 1.29 is 4.74 Å². The third-order valence-electron chi connectivity index (χ3n) is 3.09. The van der Waals surface area contributed by atoms with Crippen LogP contribution in [0.4, 0.5) is 5.69 Å². The van der Waals surface area contributed by atoms with E-state index in [-0.39, 0.29) is 0 Å². The topological polar surface area (TPSA) is 59.0 Å². The highest BCUT2D eigenvalue weighted by molar-refractivity contribution is 5.56. The first-order valence-corrected chi connectivity index (χ1v) is 5.72. The van der Waals surface area contributed by atoms with E-state index in [1.54, 1.807) is 18.2 Å². The Kier molecular flexibility index (Phi) is 3.31. The number of benzene rings is 1. The van der Waals surface area contributed by atoms with Gasteiger partial charge in [-0.15, -0.1) is 0 Å². The molecule has 0 saturated heterocycles. The zero-order chi connectivity index (χ0) is 11.4. The van der Waals surface area contributed by atoms with E-state index in [1.165, 1.54) is 25.7 Å². The average Bonchev–Trinajstić information content (AvgIpc) is 2.81. The number of anilines is 1. The summed E-state index contributed by atoms with van der Waals surface area (Å²) in [5, 5.41) is 8.79. The monoisotopic (exact) mass is 216 g/mol.